The van der Waals surface area contributed by atoms with E-state index in [1.165, 1.54) is 30.4 Å². The first kappa shape index (κ1) is 15.5. The van der Waals surface area contributed by atoms with E-state index >= 15 is 0 Å². The van der Waals surface area contributed by atoms with Crippen molar-refractivity contribution in [2.45, 2.75) is 65.1 Å². The van der Waals surface area contributed by atoms with Crippen LogP contribution in [0, 0.1) is 6.92 Å². The Kier molecular flexibility index (Phi) is 5.62. The molecule has 20 heavy (non-hydrogen) atoms. The largest absolute Gasteiger partial charge is 0.309 e. The molecule has 0 amide bonds. The van der Waals surface area contributed by atoms with Crippen LogP contribution in [0.1, 0.15) is 57.2 Å². The molecule has 112 valence electrons. The summed E-state index contributed by atoms with van der Waals surface area (Å²) in [4.78, 5) is 2.72. The summed E-state index contributed by atoms with van der Waals surface area (Å²) >= 11 is 0. The molecule has 3 atom stereocenters. The first-order valence-corrected chi connectivity index (χ1v) is 8.21. The molecule has 1 heterocycles. The highest BCUT2D eigenvalue weighted by molar-refractivity contribution is 5.25. The molecule has 1 fully saturated rings. The number of likely N-dealkylation sites (N-methyl/N-ethyl adjacent to an activating group) is 1. The topological polar surface area (TPSA) is 15.3 Å². The minimum absolute atomic E-state index is 0.453. The molecule has 0 radical (unpaired) electrons. The van der Waals surface area contributed by atoms with Crippen molar-refractivity contribution in [2.75, 3.05) is 13.1 Å². The van der Waals surface area contributed by atoms with E-state index in [1.807, 2.05) is 0 Å². The average molecular weight is 274 g/mol. The van der Waals surface area contributed by atoms with Gasteiger partial charge in [-0.3, -0.25) is 4.90 Å². The summed E-state index contributed by atoms with van der Waals surface area (Å²) < 4.78 is 0. The molecule has 2 rings (SSSR count). The lowest BCUT2D eigenvalue weighted by Crippen LogP contribution is -2.41. The Labute approximate surface area is 124 Å². The van der Waals surface area contributed by atoms with Crippen molar-refractivity contribution in [3.63, 3.8) is 0 Å². The predicted molar refractivity (Wildman–Crippen MR) is 87.1 cm³/mol. The van der Waals surface area contributed by atoms with Crippen molar-refractivity contribution in [2.24, 2.45) is 0 Å². The van der Waals surface area contributed by atoms with Crippen LogP contribution >= 0.6 is 0 Å². The van der Waals surface area contributed by atoms with Crippen molar-refractivity contribution >= 4 is 0 Å². The second-order valence-electron chi connectivity index (χ2n) is 6.21. The highest BCUT2D eigenvalue weighted by atomic mass is 15.2. The standard InChI is InChI=1S/C18H30N2/c1-5-17-11-10-15(4)20(17)13-18(19-6-2)16-9-7-8-14(3)12-16/h7-9,12,15,17-19H,5-6,10-11,13H2,1-4H3. The Morgan fingerprint density at radius 1 is 1.30 bits per heavy atom. The van der Waals surface area contributed by atoms with Gasteiger partial charge >= 0.3 is 0 Å². The van der Waals surface area contributed by atoms with Gasteiger partial charge in [0.2, 0.25) is 0 Å². The minimum atomic E-state index is 0.453. The first-order valence-electron chi connectivity index (χ1n) is 8.21. The van der Waals surface area contributed by atoms with Gasteiger partial charge in [0.05, 0.1) is 0 Å². The number of likely N-dealkylation sites (tertiary alicyclic amines) is 1. The van der Waals surface area contributed by atoms with Crippen LogP contribution in [-0.2, 0) is 0 Å². The lowest BCUT2D eigenvalue weighted by molar-refractivity contribution is 0.177. The van der Waals surface area contributed by atoms with Gasteiger partial charge < -0.3 is 5.32 Å². The van der Waals surface area contributed by atoms with Gasteiger partial charge in [-0.25, -0.2) is 0 Å². The molecule has 0 spiro atoms. The van der Waals surface area contributed by atoms with E-state index in [2.05, 4.69) is 62.2 Å². The lowest BCUT2D eigenvalue weighted by atomic mass is 10.0. The minimum Gasteiger partial charge on any atom is -0.309 e. The summed E-state index contributed by atoms with van der Waals surface area (Å²) in [6.45, 7) is 11.3. The maximum atomic E-state index is 3.68. The maximum absolute atomic E-state index is 3.68. The van der Waals surface area contributed by atoms with Crippen LogP contribution < -0.4 is 5.32 Å². The Bertz CT molecular complexity index is 416. The summed E-state index contributed by atoms with van der Waals surface area (Å²) in [6.07, 6.45) is 3.99. The fraction of sp³-hybridized carbons (Fsp3) is 0.667. The monoisotopic (exact) mass is 274 g/mol. The van der Waals surface area contributed by atoms with Gasteiger partial charge in [-0.05, 0) is 45.2 Å². The van der Waals surface area contributed by atoms with Crippen LogP contribution in [0.5, 0.6) is 0 Å². The number of hydrogen-bond acceptors (Lipinski definition) is 2. The number of rotatable bonds is 6. The highest BCUT2D eigenvalue weighted by Crippen LogP contribution is 2.28. The van der Waals surface area contributed by atoms with Crippen molar-refractivity contribution in [1.82, 2.24) is 10.2 Å². The molecule has 1 aromatic rings. The smallest absolute Gasteiger partial charge is 0.0449 e. The molecule has 1 aliphatic heterocycles. The zero-order valence-electron chi connectivity index (χ0n) is 13.5. The number of benzene rings is 1. The fourth-order valence-corrected chi connectivity index (χ4v) is 3.52. The Morgan fingerprint density at radius 3 is 2.75 bits per heavy atom. The van der Waals surface area contributed by atoms with Crippen LogP contribution in [0.4, 0.5) is 0 Å². The molecule has 1 aromatic carbocycles. The SMILES string of the molecule is CCNC(CN1C(C)CCC1CC)c1cccc(C)c1. The number of nitrogens with one attached hydrogen (secondary N) is 1. The second-order valence-corrected chi connectivity index (χ2v) is 6.21. The first-order chi connectivity index (χ1) is 9.65. The van der Waals surface area contributed by atoms with Crippen molar-refractivity contribution in [3.05, 3.63) is 35.4 Å². The molecule has 1 N–H and O–H groups in total. The number of nitrogens with zero attached hydrogens (tertiary/aromatic N) is 1. The van der Waals surface area contributed by atoms with E-state index in [4.69, 9.17) is 0 Å². The zero-order chi connectivity index (χ0) is 14.5. The summed E-state index contributed by atoms with van der Waals surface area (Å²) in [7, 11) is 0. The molecular weight excluding hydrogens is 244 g/mol. The average Bonchev–Trinajstić information content (AvgIpc) is 2.79. The van der Waals surface area contributed by atoms with Crippen LogP contribution in [0.3, 0.4) is 0 Å². The molecule has 2 heteroatoms. The van der Waals surface area contributed by atoms with Gasteiger partial charge in [0.25, 0.3) is 0 Å². The van der Waals surface area contributed by atoms with E-state index in [0.717, 1.165) is 25.2 Å². The molecular formula is C18H30N2. The Morgan fingerprint density at radius 2 is 2.10 bits per heavy atom. The molecule has 0 aromatic heterocycles. The van der Waals surface area contributed by atoms with E-state index in [-0.39, 0.29) is 0 Å². The Balaban J connectivity index is 2.12. The summed E-state index contributed by atoms with van der Waals surface area (Å²) in [5.41, 5.74) is 2.78. The summed E-state index contributed by atoms with van der Waals surface area (Å²) in [5.74, 6) is 0. The number of aryl methyl sites for hydroxylation is 1. The molecule has 1 aliphatic rings. The van der Waals surface area contributed by atoms with Crippen molar-refractivity contribution in [1.29, 1.82) is 0 Å². The van der Waals surface area contributed by atoms with E-state index in [0.29, 0.717) is 6.04 Å². The lowest BCUT2D eigenvalue weighted by Gasteiger charge is -2.32. The quantitative estimate of drug-likeness (QED) is 0.846. The molecule has 0 saturated carbocycles. The van der Waals surface area contributed by atoms with Crippen LogP contribution in [-0.4, -0.2) is 30.1 Å². The third-order valence-corrected chi connectivity index (χ3v) is 4.71. The Hall–Kier alpha value is -0.860. The van der Waals surface area contributed by atoms with Crippen molar-refractivity contribution in [3.8, 4) is 0 Å². The third kappa shape index (κ3) is 3.62. The maximum Gasteiger partial charge on any atom is 0.0449 e. The van der Waals surface area contributed by atoms with E-state index in [9.17, 15) is 0 Å². The highest BCUT2D eigenvalue weighted by Gasteiger charge is 2.31. The van der Waals surface area contributed by atoms with Crippen LogP contribution in [0.2, 0.25) is 0 Å². The molecule has 2 nitrogen and oxygen atoms in total. The van der Waals surface area contributed by atoms with Gasteiger partial charge in [0.15, 0.2) is 0 Å². The van der Waals surface area contributed by atoms with Gasteiger partial charge in [-0.2, -0.15) is 0 Å². The summed E-state index contributed by atoms with van der Waals surface area (Å²) in [5, 5.41) is 3.68. The molecule has 0 bridgehead atoms. The van der Waals surface area contributed by atoms with Crippen LogP contribution in [0.25, 0.3) is 0 Å². The van der Waals surface area contributed by atoms with Gasteiger partial charge in [0.1, 0.15) is 0 Å². The van der Waals surface area contributed by atoms with Gasteiger partial charge in [-0.15, -0.1) is 0 Å². The van der Waals surface area contributed by atoms with Crippen LogP contribution in [0.15, 0.2) is 24.3 Å². The summed E-state index contributed by atoms with van der Waals surface area (Å²) in [6, 6.07) is 10.9. The number of hydrogen-bond donors (Lipinski definition) is 1. The molecule has 0 aliphatic carbocycles. The molecule has 3 unspecified atom stereocenters. The van der Waals surface area contributed by atoms with E-state index in [1.54, 1.807) is 0 Å². The van der Waals surface area contributed by atoms with E-state index < -0.39 is 0 Å². The fourth-order valence-electron chi connectivity index (χ4n) is 3.52. The normalized spacial score (nSPS) is 25.0. The third-order valence-electron chi connectivity index (χ3n) is 4.71. The van der Waals surface area contributed by atoms with Gasteiger partial charge in [-0.1, -0.05) is 43.7 Å². The predicted octanol–water partition coefficient (Wildman–Crippen LogP) is 3.91. The van der Waals surface area contributed by atoms with Gasteiger partial charge in [0, 0.05) is 24.7 Å². The second kappa shape index (κ2) is 7.24. The molecule has 1 saturated heterocycles. The zero-order valence-corrected chi connectivity index (χ0v) is 13.5. The van der Waals surface area contributed by atoms with Crippen molar-refractivity contribution < 1.29 is 0 Å².